The van der Waals surface area contributed by atoms with E-state index < -0.39 is 0 Å². The maximum Gasteiger partial charge on any atom is 0.143 e. The Morgan fingerprint density at radius 1 is 0.812 bits per heavy atom. The van der Waals surface area contributed by atoms with E-state index in [9.17, 15) is 14.4 Å². The summed E-state index contributed by atoms with van der Waals surface area (Å²) in [6, 6.07) is 0. The monoisotopic (exact) mass is 228 g/mol. The van der Waals surface area contributed by atoms with E-state index in [1.807, 2.05) is 0 Å². The van der Waals surface area contributed by atoms with Crippen molar-refractivity contribution in [1.29, 1.82) is 0 Å². The van der Waals surface area contributed by atoms with Crippen molar-refractivity contribution in [2.24, 2.45) is 0 Å². The van der Waals surface area contributed by atoms with Crippen LogP contribution in [0, 0.1) is 0 Å². The number of carbonyl (C=O) groups excluding carboxylic acids is 3. The lowest BCUT2D eigenvalue weighted by molar-refractivity contribution is -0.121. The van der Waals surface area contributed by atoms with Crippen LogP contribution in [0.25, 0.3) is 0 Å². The van der Waals surface area contributed by atoms with Crippen LogP contribution in [0.1, 0.15) is 20.8 Å². The van der Waals surface area contributed by atoms with E-state index in [0.717, 1.165) is 0 Å². The zero-order chi connectivity index (χ0) is 12.7. The Hall–Kier alpha value is -1.07. The second-order valence-corrected chi connectivity index (χ2v) is 4.25. The van der Waals surface area contributed by atoms with Crippen LogP contribution >= 0.6 is 0 Å². The molecule has 0 saturated heterocycles. The van der Waals surface area contributed by atoms with Crippen LogP contribution in [0.4, 0.5) is 0 Å². The molecule has 0 fully saturated rings. The second-order valence-electron chi connectivity index (χ2n) is 4.25. The van der Waals surface area contributed by atoms with Crippen LogP contribution in [0.2, 0.25) is 0 Å². The molecule has 0 aromatic carbocycles. The van der Waals surface area contributed by atoms with E-state index in [4.69, 9.17) is 0 Å². The summed E-state index contributed by atoms with van der Waals surface area (Å²) in [5.41, 5.74) is 0. The van der Waals surface area contributed by atoms with Crippen molar-refractivity contribution in [2.75, 3.05) is 33.4 Å². The zero-order valence-electron chi connectivity index (χ0n) is 10.4. The molecule has 0 atom stereocenters. The van der Waals surface area contributed by atoms with Crippen LogP contribution < -0.4 is 0 Å². The minimum absolute atomic E-state index is 0.0116. The van der Waals surface area contributed by atoms with Gasteiger partial charge in [-0.05, 0) is 27.8 Å². The third kappa shape index (κ3) is 8.26. The number of hydrogen-bond acceptors (Lipinski definition) is 5. The predicted octanol–water partition coefficient (Wildman–Crippen LogP) is -0.0553. The van der Waals surface area contributed by atoms with Crippen molar-refractivity contribution in [2.45, 2.75) is 20.8 Å². The molecule has 0 spiro atoms. The summed E-state index contributed by atoms with van der Waals surface area (Å²) >= 11 is 0. The van der Waals surface area contributed by atoms with E-state index in [-0.39, 0.29) is 30.4 Å². The Bertz CT molecular complexity index is 260. The summed E-state index contributed by atoms with van der Waals surface area (Å²) in [6.07, 6.45) is 0. The molecule has 0 saturated carbocycles. The van der Waals surface area contributed by atoms with Crippen molar-refractivity contribution < 1.29 is 14.4 Å². The summed E-state index contributed by atoms with van der Waals surface area (Å²) in [5, 5.41) is 0. The Labute approximate surface area is 96.4 Å². The largest absolute Gasteiger partial charge is 0.299 e. The smallest absolute Gasteiger partial charge is 0.143 e. The molecule has 0 radical (unpaired) electrons. The average molecular weight is 228 g/mol. The number of carbonyl (C=O) groups is 3. The van der Waals surface area contributed by atoms with Gasteiger partial charge in [0.1, 0.15) is 17.3 Å². The first-order valence-electron chi connectivity index (χ1n) is 5.20. The van der Waals surface area contributed by atoms with Crippen molar-refractivity contribution >= 4 is 17.3 Å². The van der Waals surface area contributed by atoms with E-state index >= 15 is 0 Å². The number of hydrogen-bond donors (Lipinski definition) is 0. The summed E-state index contributed by atoms with van der Waals surface area (Å²) < 4.78 is 0. The lowest BCUT2D eigenvalue weighted by atomic mass is 10.3. The van der Waals surface area contributed by atoms with Crippen molar-refractivity contribution in [3.05, 3.63) is 0 Å². The van der Waals surface area contributed by atoms with Gasteiger partial charge >= 0.3 is 0 Å². The Morgan fingerprint density at radius 3 is 1.50 bits per heavy atom. The van der Waals surface area contributed by atoms with Crippen LogP contribution in [0.5, 0.6) is 0 Å². The normalized spacial score (nSPS) is 10.9. The van der Waals surface area contributed by atoms with Crippen LogP contribution in [0.15, 0.2) is 0 Å². The highest BCUT2D eigenvalue weighted by Gasteiger charge is 2.13. The number of rotatable bonds is 8. The molecule has 0 amide bonds. The molecule has 0 aromatic heterocycles. The Balaban J connectivity index is 4.23. The van der Waals surface area contributed by atoms with Crippen molar-refractivity contribution in [3.63, 3.8) is 0 Å². The SMILES string of the molecule is CC(=O)CN(C)CN(CC(C)=O)CC(C)=O. The first kappa shape index (κ1) is 14.9. The van der Waals surface area contributed by atoms with Gasteiger partial charge in [-0.2, -0.15) is 0 Å². The number of likely N-dealkylation sites (N-methyl/N-ethyl adjacent to an activating group) is 1. The summed E-state index contributed by atoms with van der Waals surface area (Å²) in [4.78, 5) is 36.4. The van der Waals surface area contributed by atoms with E-state index in [1.165, 1.54) is 20.8 Å². The van der Waals surface area contributed by atoms with Crippen molar-refractivity contribution in [1.82, 2.24) is 9.80 Å². The van der Waals surface area contributed by atoms with Gasteiger partial charge in [0.15, 0.2) is 0 Å². The topological polar surface area (TPSA) is 57.7 Å². The maximum atomic E-state index is 11.0. The van der Waals surface area contributed by atoms with Crippen LogP contribution in [0.3, 0.4) is 0 Å². The van der Waals surface area contributed by atoms with E-state index in [1.54, 1.807) is 16.8 Å². The molecule has 5 heteroatoms. The minimum Gasteiger partial charge on any atom is -0.299 e. The highest BCUT2D eigenvalue weighted by molar-refractivity contribution is 5.80. The molecule has 0 aliphatic carbocycles. The third-order valence-corrected chi connectivity index (χ3v) is 1.83. The zero-order valence-corrected chi connectivity index (χ0v) is 10.4. The van der Waals surface area contributed by atoms with Crippen molar-refractivity contribution in [3.8, 4) is 0 Å². The summed E-state index contributed by atoms with van der Waals surface area (Å²) in [7, 11) is 1.79. The summed E-state index contributed by atoms with van der Waals surface area (Å²) in [5.74, 6) is 0.0862. The van der Waals surface area contributed by atoms with Gasteiger partial charge in [0.25, 0.3) is 0 Å². The molecule has 0 aliphatic rings. The molecule has 0 aromatic rings. The first-order chi connectivity index (χ1) is 7.31. The summed E-state index contributed by atoms with van der Waals surface area (Å²) in [6.45, 7) is 5.72. The molecule has 0 N–H and O–H groups in total. The van der Waals surface area contributed by atoms with Gasteiger partial charge in [-0.3, -0.25) is 24.2 Å². The third-order valence-electron chi connectivity index (χ3n) is 1.83. The van der Waals surface area contributed by atoms with Gasteiger partial charge < -0.3 is 0 Å². The fraction of sp³-hybridized carbons (Fsp3) is 0.727. The fourth-order valence-corrected chi connectivity index (χ4v) is 1.56. The number of Topliss-reactive ketones (excluding diaryl/α,β-unsaturated/α-hetero) is 3. The Morgan fingerprint density at radius 2 is 1.19 bits per heavy atom. The predicted molar refractivity (Wildman–Crippen MR) is 61.1 cm³/mol. The minimum atomic E-state index is 0.0116. The molecule has 0 unspecified atom stereocenters. The van der Waals surface area contributed by atoms with Gasteiger partial charge in [0.05, 0.1) is 26.3 Å². The molecular weight excluding hydrogens is 208 g/mol. The average Bonchev–Trinajstić information content (AvgIpc) is 1.97. The quantitative estimate of drug-likeness (QED) is 0.545. The molecular formula is C11H20N2O3. The van der Waals surface area contributed by atoms with Crippen LogP contribution in [-0.4, -0.2) is 60.5 Å². The molecule has 0 bridgehead atoms. The van der Waals surface area contributed by atoms with Crippen LogP contribution in [-0.2, 0) is 14.4 Å². The molecule has 0 rings (SSSR count). The first-order valence-corrected chi connectivity index (χ1v) is 5.20. The second kappa shape index (κ2) is 7.24. The van der Waals surface area contributed by atoms with E-state index in [2.05, 4.69) is 0 Å². The van der Waals surface area contributed by atoms with Gasteiger partial charge in [-0.25, -0.2) is 0 Å². The van der Waals surface area contributed by atoms with Gasteiger partial charge in [0, 0.05) is 0 Å². The maximum absolute atomic E-state index is 11.0. The standard InChI is InChI=1S/C11H20N2O3/c1-9(14)5-12(4)8-13(6-10(2)15)7-11(3)16/h5-8H2,1-4H3. The molecule has 16 heavy (non-hydrogen) atoms. The van der Waals surface area contributed by atoms with Gasteiger partial charge in [0.2, 0.25) is 0 Å². The molecule has 0 heterocycles. The van der Waals surface area contributed by atoms with Gasteiger partial charge in [-0.1, -0.05) is 0 Å². The lowest BCUT2D eigenvalue weighted by Crippen LogP contribution is -2.42. The lowest BCUT2D eigenvalue weighted by Gasteiger charge is -2.25. The highest BCUT2D eigenvalue weighted by atomic mass is 16.1. The highest BCUT2D eigenvalue weighted by Crippen LogP contribution is 1.94. The Kier molecular flexibility index (Phi) is 6.76. The molecule has 92 valence electrons. The van der Waals surface area contributed by atoms with E-state index in [0.29, 0.717) is 13.2 Å². The fourth-order valence-electron chi connectivity index (χ4n) is 1.56. The number of nitrogens with zero attached hydrogens (tertiary/aromatic N) is 2. The number of ketones is 3. The molecule has 0 aliphatic heterocycles. The van der Waals surface area contributed by atoms with Gasteiger partial charge in [-0.15, -0.1) is 0 Å². The molecule has 5 nitrogen and oxygen atoms in total.